The van der Waals surface area contributed by atoms with Crippen LogP contribution in [0.2, 0.25) is 0 Å². The fraction of sp³-hybridized carbons (Fsp3) is 0.400. The van der Waals surface area contributed by atoms with E-state index >= 15 is 0 Å². The first-order chi connectivity index (χ1) is 9.61. The molecule has 20 heavy (non-hydrogen) atoms. The standard InChI is InChI=1S/C15H21FN4/c1-4-17-9-13-14(16)6-5-7-15(13)19(2)10-12-8-18-20(3)11-12/h5-8,11,17H,4,9-10H2,1-3H3. The number of halogens is 1. The van der Waals surface area contributed by atoms with Gasteiger partial charge >= 0.3 is 0 Å². The van der Waals surface area contributed by atoms with E-state index in [4.69, 9.17) is 0 Å². The third kappa shape index (κ3) is 3.36. The maximum atomic E-state index is 14.0. The average molecular weight is 276 g/mol. The zero-order valence-corrected chi connectivity index (χ0v) is 12.2. The van der Waals surface area contributed by atoms with E-state index in [2.05, 4.69) is 10.4 Å². The van der Waals surface area contributed by atoms with Gasteiger partial charge in [0.15, 0.2) is 0 Å². The van der Waals surface area contributed by atoms with Gasteiger partial charge in [0.25, 0.3) is 0 Å². The van der Waals surface area contributed by atoms with Gasteiger partial charge in [-0.25, -0.2) is 4.39 Å². The Morgan fingerprint density at radius 2 is 2.20 bits per heavy atom. The molecule has 4 nitrogen and oxygen atoms in total. The Bertz CT molecular complexity index is 565. The Kier molecular flexibility index (Phi) is 4.74. The minimum Gasteiger partial charge on any atom is -0.370 e. The maximum absolute atomic E-state index is 14.0. The number of aromatic nitrogens is 2. The molecule has 5 heteroatoms. The second-order valence-electron chi connectivity index (χ2n) is 4.90. The zero-order valence-electron chi connectivity index (χ0n) is 12.2. The third-order valence-corrected chi connectivity index (χ3v) is 3.24. The molecule has 0 aliphatic carbocycles. The van der Waals surface area contributed by atoms with Gasteiger partial charge in [-0.3, -0.25) is 4.68 Å². The third-order valence-electron chi connectivity index (χ3n) is 3.24. The van der Waals surface area contributed by atoms with Gasteiger partial charge in [0.05, 0.1) is 6.20 Å². The second kappa shape index (κ2) is 6.52. The predicted molar refractivity (Wildman–Crippen MR) is 79.1 cm³/mol. The summed E-state index contributed by atoms with van der Waals surface area (Å²) in [4.78, 5) is 2.05. The van der Waals surface area contributed by atoms with E-state index < -0.39 is 0 Å². The molecule has 0 saturated carbocycles. The van der Waals surface area contributed by atoms with Gasteiger partial charge in [-0.2, -0.15) is 5.10 Å². The summed E-state index contributed by atoms with van der Waals surface area (Å²) in [6, 6.07) is 5.21. The van der Waals surface area contributed by atoms with Crippen molar-refractivity contribution in [2.45, 2.75) is 20.0 Å². The fourth-order valence-electron chi connectivity index (χ4n) is 2.24. The van der Waals surface area contributed by atoms with Gasteiger partial charge in [0, 0.05) is 50.2 Å². The summed E-state index contributed by atoms with van der Waals surface area (Å²) >= 11 is 0. The summed E-state index contributed by atoms with van der Waals surface area (Å²) in [5, 5.41) is 7.34. The van der Waals surface area contributed by atoms with Crippen LogP contribution in [-0.4, -0.2) is 23.4 Å². The Hall–Kier alpha value is -1.88. The first-order valence-corrected chi connectivity index (χ1v) is 6.78. The van der Waals surface area contributed by atoms with Crippen molar-refractivity contribution in [1.82, 2.24) is 15.1 Å². The van der Waals surface area contributed by atoms with E-state index in [-0.39, 0.29) is 5.82 Å². The van der Waals surface area contributed by atoms with Crippen LogP contribution in [-0.2, 0) is 20.1 Å². The Morgan fingerprint density at radius 1 is 1.40 bits per heavy atom. The minimum absolute atomic E-state index is 0.165. The lowest BCUT2D eigenvalue weighted by atomic mass is 10.1. The van der Waals surface area contributed by atoms with Gasteiger partial charge in [-0.05, 0) is 18.7 Å². The van der Waals surface area contributed by atoms with E-state index in [0.29, 0.717) is 18.7 Å². The molecule has 0 radical (unpaired) electrons. The number of rotatable bonds is 6. The van der Waals surface area contributed by atoms with Gasteiger partial charge in [-0.15, -0.1) is 0 Å². The highest BCUT2D eigenvalue weighted by atomic mass is 19.1. The summed E-state index contributed by atoms with van der Waals surface area (Å²) in [6.07, 6.45) is 3.81. The Morgan fingerprint density at radius 3 is 2.85 bits per heavy atom. The quantitative estimate of drug-likeness (QED) is 0.879. The SMILES string of the molecule is CCNCc1c(F)cccc1N(C)Cc1cnn(C)c1. The van der Waals surface area contributed by atoms with E-state index in [0.717, 1.165) is 17.8 Å². The van der Waals surface area contributed by atoms with Crippen molar-refractivity contribution in [3.63, 3.8) is 0 Å². The summed E-state index contributed by atoms with van der Waals surface area (Å²) < 4.78 is 15.8. The van der Waals surface area contributed by atoms with E-state index in [1.54, 1.807) is 10.7 Å². The van der Waals surface area contributed by atoms with Crippen molar-refractivity contribution in [1.29, 1.82) is 0 Å². The van der Waals surface area contributed by atoms with Crippen LogP contribution in [0.25, 0.3) is 0 Å². The highest BCUT2D eigenvalue weighted by Crippen LogP contribution is 2.23. The summed E-state index contributed by atoms with van der Waals surface area (Å²) in [5.74, 6) is -0.165. The molecule has 0 bridgehead atoms. The van der Waals surface area contributed by atoms with Gasteiger partial charge in [-0.1, -0.05) is 13.0 Å². The molecule has 1 aromatic heterocycles. The molecule has 1 N–H and O–H groups in total. The normalized spacial score (nSPS) is 10.8. The van der Waals surface area contributed by atoms with Crippen LogP contribution in [0, 0.1) is 5.82 Å². The molecule has 0 aliphatic heterocycles. The molecule has 1 aromatic carbocycles. The number of anilines is 1. The van der Waals surface area contributed by atoms with Crippen molar-refractivity contribution in [3.05, 3.63) is 47.5 Å². The number of hydrogen-bond acceptors (Lipinski definition) is 3. The molecule has 108 valence electrons. The van der Waals surface area contributed by atoms with Crippen molar-refractivity contribution in [3.8, 4) is 0 Å². The van der Waals surface area contributed by atoms with Crippen LogP contribution >= 0.6 is 0 Å². The van der Waals surface area contributed by atoms with Crippen molar-refractivity contribution < 1.29 is 4.39 Å². The van der Waals surface area contributed by atoms with Crippen LogP contribution in [0.3, 0.4) is 0 Å². The molecule has 0 aliphatic rings. The predicted octanol–water partition coefficient (Wildman–Crippen LogP) is 2.31. The van der Waals surface area contributed by atoms with E-state index in [9.17, 15) is 4.39 Å². The van der Waals surface area contributed by atoms with Gasteiger partial charge < -0.3 is 10.2 Å². The molecule has 2 rings (SSSR count). The molecule has 0 unspecified atom stereocenters. The van der Waals surface area contributed by atoms with Crippen molar-refractivity contribution >= 4 is 5.69 Å². The summed E-state index contributed by atoms with van der Waals surface area (Å²) in [7, 11) is 3.86. The van der Waals surface area contributed by atoms with Crippen molar-refractivity contribution in [2.75, 3.05) is 18.5 Å². The van der Waals surface area contributed by atoms with E-state index in [1.165, 1.54) is 6.07 Å². The van der Waals surface area contributed by atoms with Gasteiger partial charge in [0.1, 0.15) is 5.82 Å². The summed E-state index contributed by atoms with van der Waals surface area (Å²) in [5.41, 5.74) is 2.73. The minimum atomic E-state index is -0.165. The highest BCUT2D eigenvalue weighted by molar-refractivity contribution is 5.54. The average Bonchev–Trinajstić information content (AvgIpc) is 2.82. The van der Waals surface area contributed by atoms with Crippen molar-refractivity contribution in [2.24, 2.45) is 7.05 Å². The molecule has 1 heterocycles. The number of hydrogen-bond donors (Lipinski definition) is 1. The molecule has 0 fully saturated rings. The number of aryl methyl sites for hydroxylation is 1. The number of nitrogens with one attached hydrogen (secondary N) is 1. The molecule has 2 aromatic rings. The lowest BCUT2D eigenvalue weighted by Crippen LogP contribution is -2.21. The smallest absolute Gasteiger partial charge is 0.129 e. The van der Waals surface area contributed by atoms with Crippen LogP contribution in [0.1, 0.15) is 18.1 Å². The van der Waals surface area contributed by atoms with Crippen LogP contribution in [0.4, 0.5) is 10.1 Å². The fourth-order valence-corrected chi connectivity index (χ4v) is 2.24. The monoisotopic (exact) mass is 276 g/mol. The molecular formula is C15H21FN4. The second-order valence-corrected chi connectivity index (χ2v) is 4.90. The molecule has 0 saturated heterocycles. The molecule has 0 atom stereocenters. The molecular weight excluding hydrogens is 255 g/mol. The Balaban J connectivity index is 2.20. The van der Waals surface area contributed by atoms with Crippen LogP contribution in [0.15, 0.2) is 30.6 Å². The number of nitrogens with zero attached hydrogens (tertiary/aromatic N) is 3. The first kappa shape index (κ1) is 14.5. The largest absolute Gasteiger partial charge is 0.370 e. The van der Waals surface area contributed by atoms with Gasteiger partial charge in [0.2, 0.25) is 0 Å². The first-order valence-electron chi connectivity index (χ1n) is 6.78. The van der Waals surface area contributed by atoms with E-state index in [1.807, 2.05) is 44.4 Å². The zero-order chi connectivity index (χ0) is 14.5. The maximum Gasteiger partial charge on any atom is 0.129 e. The number of benzene rings is 1. The Labute approximate surface area is 119 Å². The topological polar surface area (TPSA) is 33.1 Å². The van der Waals surface area contributed by atoms with Crippen LogP contribution < -0.4 is 10.2 Å². The lowest BCUT2D eigenvalue weighted by Gasteiger charge is -2.22. The highest BCUT2D eigenvalue weighted by Gasteiger charge is 2.12. The molecule has 0 spiro atoms. The summed E-state index contributed by atoms with van der Waals surface area (Å²) in [6.45, 7) is 4.08. The lowest BCUT2D eigenvalue weighted by molar-refractivity contribution is 0.592. The van der Waals surface area contributed by atoms with Crippen LogP contribution in [0.5, 0.6) is 0 Å². The molecule has 0 amide bonds.